The molecule has 4 heterocycles. The van der Waals surface area contributed by atoms with Crippen LogP contribution in [0.15, 0.2) is 18.3 Å². The molecule has 1 saturated carbocycles. The highest BCUT2D eigenvalue weighted by molar-refractivity contribution is 5.95. The van der Waals surface area contributed by atoms with Gasteiger partial charge in [-0.1, -0.05) is 12.5 Å². The van der Waals surface area contributed by atoms with Crippen molar-refractivity contribution in [3.05, 3.63) is 41.0 Å². The molecule has 2 fully saturated rings. The van der Waals surface area contributed by atoms with Crippen LogP contribution in [-0.4, -0.2) is 52.9 Å². The molecule has 3 aliphatic rings. The van der Waals surface area contributed by atoms with Crippen molar-refractivity contribution >= 4 is 17.5 Å². The van der Waals surface area contributed by atoms with Gasteiger partial charge >= 0.3 is 0 Å². The zero-order valence-corrected chi connectivity index (χ0v) is 19.5. The summed E-state index contributed by atoms with van der Waals surface area (Å²) in [5.74, 6) is 3.65. The Kier molecular flexibility index (Phi) is 5.84. The maximum atomic E-state index is 12.8. The van der Waals surface area contributed by atoms with Crippen LogP contribution in [0.1, 0.15) is 67.2 Å². The van der Waals surface area contributed by atoms with Gasteiger partial charge in [-0.05, 0) is 57.6 Å². The van der Waals surface area contributed by atoms with Gasteiger partial charge in [-0.25, -0.2) is 15.0 Å². The van der Waals surface area contributed by atoms with Gasteiger partial charge in [0.1, 0.15) is 17.5 Å². The molecular weight excluding hydrogens is 400 g/mol. The highest BCUT2D eigenvalue weighted by Gasteiger charge is 2.35. The van der Waals surface area contributed by atoms with E-state index in [-0.39, 0.29) is 11.9 Å². The number of fused-ring (bicyclic) bond motifs is 1. The molecule has 5 rings (SSSR count). The first-order valence-electron chi connectivity index (χ1n) is 12.0. The van der Waals surface area contributed by atoms with Crippen LogP contribution in [0.4, 0.5) is 11.6 Å². The third-order valence-corrected chi connectivity index (χ3v) is 7.07. The van der Waals surface area contributed by atoms with Gasteiger partial charge in [-0.15, -0.1) is 0 Å². The lowest BCUT2D eigenvalue weighted by atomic mass is 9.98. The second-order valence-electron chi connectivity index (χ2n) is 9.78. The van der Waals surface area contributed by atoms with E-state index in [9.17, 15) is 4.79 Å². The van der Waals surface area contributed by atoms with Crippen molar-refractivity contribution in [3.8, 4) is 0 Å². The number of amides is 1. The molecule has 1 aliphatic carbocycles. The quantitative estimate of drug-likeness (QED) is 0.691. The molecule has 0 aromatic carbocycles. The third kappa shape index (κ3) is 4.22. The van der Waals surface area contributed by atoms with E-state index in [0.717, 1.165) is 55.6 Å². The summed E-state index contributed by atoms with van der Waals surface area (Å²) in [6.07, 6.45) is 9.06. The predicted octanol–water partition coefficient (Wildman–Crippen LogP) is 3.66. The number of hydrogen-bond donors (Lipinski definition) is 0. The van der Waals surface area contributed by atoms with Gasteiger partial charge in [0.15, 0.2) is 0 Å². The van der Waals surface area contributed by atoms with Gasteiger partial charge in [-0.3, -0.25) is 14.6 Å². The van der Waals surface area contributed by atoms with E-state index in [1.807, 2.05) is 31.3 Å². The molecule has 0 N–H and O–H groups in total. The van der Waals surface area contributed by atoms with E-state index < -0.39 is 0 Å². The monoisotopic (exact) mass is 434 g/mol. The first-order chi connectivity index (χ1) is 15.5. The number of carbonyl (C=O) groups excluding carboxylic acids is 1. The number of likely N-dealkylation sites (tertiary alicyclic amines) is 1. The van der Waals surface area contributed by atoms with Crippen LogP contribution < -0.4 is 9.80 Å². The number of carbonyl (C=O) groups is 1. The summed E-state index contributed by atoms with van der Waals surface area (Å²) in [7, 11) is 4.09. The maximum Gasteiger partial charge on any atom is 0.228 e. The number of aromatic nitrogens is 3. The summed E-state index contributed by atoms with van der Waals surface area (Å²) < 4.78 is 0. The minimum absolute atomic E-state index is 0.169. The lowest BCUT2D eigenvalue weighted by Crippen LogP contribution is -2.39. The molecule has 32 heavy (non-hydrogen) atoms. The number of rotatable bonds is 6. The van der Waals surface area contributed by atoms with Crippen LogP contribution in [0.5, 0.6) is 0 Å². The summed E-state index contributed by atoms with van der Waals surface area (Å²) in [6, 6.07) is 4.35. The third-order valence-electron chi connectivity index (χ3n) is 7.07. The molecule has 2 aromatic heterocycles. The summed E-state index contributed by atoms with van der Waals surface area (Å²) >= 11 is 0. The van der Waals surface area contributed by atoms with Gasteiger partial charge < -0.3 is 4.90 Å². The molecule has 1 unspecified atom stereocenters. The normalized spacial score (nSPS) is 21.5. The number of hydrogen-bond acceptors (Lipinski definition) is 6. The molecule has 7 nitrogen and oxygen atoms in total. The van der Waals surface area contributed by atoms with Crippen molar-refractivity contribution in [1.29, 1.82) is 0 Å². The Labute approximate surface area is 190 Å². The first-order valence-corrected chi connectivity index (χ1v) is 12.0. The number of nitrogens with zero attached hydrogens (tertiary/aromatic N) is 6. The first kappa shape index (κ1) is 21.3. The van der Waals surface area contributed by atoms with E-state index in [1.165, 1.54) is 36.8 Å². The molecule has 0 radical (unpaired) electrons. The average molecular weight is 435 g/mol. The summed E-state index contributed by atoms with van der Waals surface area (Å²) in [5.41, 5.74) is 3.43. The van der Waals surface area contributed by atoms with Crippen LogP contribution in [-0.2, 0) is 17.8 Å². The smallest absolute Gasteiger partial charge is 0.228 e. The number of piperidine rings is 1. The van der Waals surface area contributed by atoms with Gasteiger partial charge in [0, 0.05) is 56.6 Å². The Bertz CT molecular complexity index is 1000. The highest BCUT2D eigenvalue weighted by atomic mass is 16.2. The minimum Gasteiger partial charge on any atom is -0.362 e. The Morgan fingerprint density at radius 3 is 2.75 bits per heavy atom. The van der Waals surface area contributed by atoms with Crippen LogP contribution in [0, 0.1) is 12.8 Å². The van der Waals surface area contributed by atoms with E-state index in [4.69, 9.17) is 9.97 Å². The van der Waals surface area contributed by atoms with Crippen molar-refractivity contribution in [2.75, 3.05) is 37.0 Å². The average Bonchev–Trinajstić information content (AvgIpc) is 3.60. The van der Waals surface area contributed by atoms with E-state index in [2.05, 4.69) is 27.8 Å². The number of pyridine rings is 1. The second-order valence-corrected chi connectivity index (χ2v) is 9.78. The molecule has 1 amide bonds. The lowest BCUT2D eigenvalue weighted by molar-refractivity contribution is -0.119. The SMILES string of the molecule is Cc1nc(C2CCCCN2Cc2cccnc2N(C)C)nc2c1CCC(=O)N2CC1CC1. The van der Waals surface area contributed by atoms with Gasteiger partial charge in [0.25, 0.3) is 0 Å². The van der Waals surface area contributed by atoms with Crippen LogP contribution in [0.3, 0.4) is 0 Å². The Morgan fingerprint density at radius 1 is 1.12 bits per heavy atom. The van der Waals surface area contributed by atoms with Gasteiger partial charge in [0.2, 0.25) is 5.91 Å². The van der Waals surface area contributed by atoms with Crippen molar-refractivity contribution < 1.29 is 4.79 Å². The molecule has 1 saturated heterocycles. The zero-order chi connectivity index (χ0) is 22.2. The van der Waals surface area contributed by atoms with E-state index in [0.29, 0.717) is 12.3 Å². The van der Waals surface area contributed by atoms with E-state index in [1.54, 1.807) is 0 Å². The molecule has 2 aromatic rings. The van der Waals surface area contributed by atoms with Crippen molar-refractivity contribution in [1.82, 2.24) is 19.9 Å². The molecule has 2 aliphatic heterocycles. The molecule has 1 atom stereocenters. The summed E-state index contributed by atoms with van der Waals surface area (Å²) in [5, 5.41) is 0. The number of aryl methyl sites for hydroxylation is 1. The Balaban J connectivity index is 1.47. The predicted molar refractivity (Wildman–Crippen MR) is 126 cm³/mol. The number of anilines is 2. The Morgan fingerprint density at radius 2 is 1.97 bits per heavy atom. The fraction of sp³-hybridized carbons (Fsp3) is 0.600. The van der Waals surface area contributed by atoms with Crippen LogP contribution in [0.25, 0.3) is 0 Å². The summed E-state index contributed by atoms with van der Waals surface area (Å²) in [4.78, 5) is 34.0. The minimum atomic E-state index is 0.169. The van der Waals surface area contributed by atoms with Crippen molar-refractivity contribution in [2.24, 2.45) is 5.92 Å². The summed E-state index contributed by atoms with van der Waals surface area (Å²) in [6.45, 7) is 4.76. The van der Waals surface area contributed by atoms with Crippen LogP contribution in [0.2, 0.25) is 0 Å². The highest BCUT2D eigenvalue weighted by Crippen LogP contribution is 2.37. The van der Waals surface area contributed by atoms with Crippen molar-refractivity contribution in [2.45, 2.75) is 64.5 Å². The fourth-order valence-electron chi connectivity index (χ4n) is 5.15. The van der Waals surface area contributed by atoms with Crippen LogP contribution >= 0.6 is 0 Å². The molecular formula is C25H34N6O. The molecule has 7 heteroatoms. The van der Waals surface area contributed by atoms with Gasteiger partial charge in [0.05, 0.1) is 6.04 Å². The molecule has 170 valence electrons. The Hall–Kier alpha value is -2.54. The molecule has 0 bridgehead atoms. The second kappa shape index (κ2) is 8.77. The topological polar surface area (TPSA) is 65.5 Å². The standard InChI is InChI=1S/C25H34N6O/c1-17-20-11-12-22(32)31(15-18-9-10-18)25(20)28-23(27-17)21-8-4-5-14-30(21)16-19-7-6-13-26-24(19)29(2)3/h6-7,13,18,21H,4-5,8-12,14-16H2,1-3H3. The zero-order valence-electron chi connectivity index (χ0n) is 19.5. The molecule has 0 spiro atoms. The fourth-order valence-corrected chi connectivity index (χ4v) is 5.15. The van der Waals surface area contributed by atoms with E-state index >= 15 is 0 Å². The maximum absolute atomic E-state index is 12.8. The van der Waals surface area contributed by atoms with Crippen molar-refractivity contribution in [3.63, 3.8) is 0 Å². The van der Waals surface area contributed by atoms with Gasteiger partial charge in [-0.2, -0.15) is 0 Å². The largest absolute Gasteiger partial charge is 0.362 e. The lowest BCUT2D eigenvalue weighted by Gasteiger charge is -2.36.